The zero-order valence-corrected chi connectivity index (χ0v) is 22.2. The number of aliphatic carboxylic acids is 1. The third-order valence-electron chi connectivity index (χ3n) is 6.53. The van der Waals surface area contributed by atoms with E-state index >= 15 is 0 Å². The van der Waals surface area contributed by atoms with Gasteiger partial charge in [-0.25, -0.2) is 0 Å². The lowest BCUT2D eigenvalue weighted by atomic mass is 9.75. The Labute approximate surface area is 200 Å². The molecule has 0 saturated heterocycles. The highest BCUT2D eigenvalue weighted by molar-refractivity contribution is 5.83. The molecular weight excluding hydrogens is 424 g/mol. The van der Waals surface area contributed by atoms with Crippen LogP contribution in [-0.4, -0.2) is 104 Å². The summed E-state index contributed by atoms with van der Waals surface area (Å²) in [7, 11) is 10.3. The molecule has 0 aliphatic carbocycles. The molecule has 2 amide bonds. The Morgan fingerprint density at radius 1 is 1.03 bits per heavy atom. The zero-order chi connectivity index (χ0) is 26.0. The molecular formula is C24H50N4O5+2. The first-order valence-electron chi connectivity index (χ1n) is 12.1. The van der Waals surface area contributed by atoms with E-state index in [0.717, 1.165) is 13.0 Å². The van der Waals surface area contributed by atoms with Crippen molar-refractivity contribution in [2.24, 2.45) is 23.0 Å². The number of amides is 2. The average Bonchev–Trinajstić information content (AvgIpc) is 2.65. The van der Waals surface area contributed by atoms with Crippen LogP contribution in [0.4, 0.5) is 0 Å². The molecule has 0 aliphatic rings. The van der Waals surface area contributed by atoms with Crippen LogP contribution in [0.1, 0.15) is 52.9 Å². The molecule has 33 heavy (non-hydrogen) atoms. The number of carbonyl (C=O) groups excluding carboxylic acids is 2. The Morgan fingerprint density at radius 3 is 2.03 bits per heavy atom. The van der Waals surface area contributed by atoms with Crippen LogP contribution < -0.4 is 11.1 Å². The van der Waals surface area contributed by atoms with Crippen LogP contribution in [0.25, 0.3) is 0 Å². The van der Waals surface area contributed by atoms with Crippen molar-refractivity contribution in [3.63, 3.8) is 0 Å². The van der Waals surface area contributed by atoms with Gasteiger partial charge < -0.3 is 30.2 Å². The number of aliphatic hydroxyl groups is 1. The summed E-state index contributed by atoms with van der Waals surface area (Å²) in [5.74, 6) is -3.00. The van der Waals surface area contributed by atoms with E-state index in [4.69, 9.17) is 5.73 Å². The van der Waals surface area contributed by atoms with Crippen LogP contribution in [0.15, 0.2) is 0 Å². The summed E-state index contributed by atoms with van der Waals surface area (Å²) >= 11 is 0. The van der Waals surface area contributed by atoms with Crippen molar-refractivity contribution in [3.05, 3.63) is 0 Å². The maximum absolute atomic E-state index is 13.0. The smallest absolute Gasteiger partial charge is 0.306 e. The molecule has 0 heterocycles. The highest BCUT2D eigenvalue weighted by Gasteiger charge is 2.37. The highest BCUT2D eigenvalue weighted by atomic mass is 16.4. The molecule has 9 nitrogen and oxygen atoms in total. The van der Waals surface area contributed by atoms with E-state index in [2.05, 4.69) is 40.6 Å². The quantitative estimate of drug-likeness (QED) is 0.185. The first-order chi connectivity index (χ1) is 15.0. The number of hydrogen-bond acceptors (Lipinski definition) is 4. The summed E-state index contributed by atoms with van der Waals surface area (Å²) < 4.78 is 1.34. The maximum atomic E-state index is 13.0. The number of hydrogen-bond donors (Lipinski definition) is 4. The predicted octanol–water partition coefficient (Wildman–Crippen LogP) is 1.05. The fourth-order valence-corrected chi connectivity index (χ4v) is 4.31. The minimum absolute atomic E-state index is 0.144. The lowest BCUT2D eigenvalue weighted by molar-refractivity contribution is -0.907. The van der Waals surface area contributed by atoms with E-state index in [0.29, 0.717) is 41.4 Å². The number of carboxylic acids is 1. The number of carbonyl (C=O) groups is 3. The lowest BCUT2D eigenvalue weighted by Gasteiger charge is -2.34. The largest absolute Gasteiger partial charge is 0.481 e. The Balaban J connectivity index is 4.86. The summed E-state index contributed by atoms with van der Waals surface area (Å²) in [6.45, 7) is 8.05. The zero-order valence-electron chi connectivity index (χ0n) is 22.2. The molecule has 0 rings (SSSR count). The summed E-state index contributed by atoms with van der Waals surface area (Å²) in [5, 5.41) is 23.0. The summed E-state index contributed by atoms with van der Waals surface area (Å²) in [4.78, 5) is 36.4. The van der Waals surface area contributed by atoms with Gasteiger partial charge in [0.15, 0.2) is 6.10 Å². The van der Waals surface area contributed by atoms with Crippen molar-refractivity contribution in [3.8, 4) is 0 Å². The number of nitrogens with two attached hydrogens (primary N) is 1. The van der Waals surface area contributed by atoms with E-state index in [1.165, 1.54) is 0 Å². The Kier molecular flexibility index (Phi) is 12.6. The summed E-state index contributed by atoms with van der Waals surface area (Å²) in [6.07, 6.45) is 1.62. The molecule has 0 bridgehead atoms. The molecule has 9 heteroatoms. The van der Waals surface area contributed by atoms with Crippen LogP contribution in [0, 0.1) is 17.3 Å². The minimum Gasteiger partial charge on any atom is -0.481 e. The highest BCUT2D eigenvalue weighted by Crippen LogP contribution is 2.33. The first-order valence-corrected chi connectivity index (χ1v) is 12.1. The minimum atomic E-state index is -1.01. The topological polar surface area (TPSA) is 130 Å². The predicted molar refractivity (Wildman–Crippen MR) is 130 cm³/mol. The van der Waals surface area contributed by atoms with Crippen molar-refractivity contribution in [1.82, 2.24) is 5.32 Å². The van der Waals surface area contributed by atoms with Crippen molar-refractivity contribution in [2.75, 3.05) is 61.4 Å². The molecule has 0 aromatic rings. The molecule has 4 unspecified atom stereocenters. The van der Waals surface area contributed by atoms with Crippen molar-refractivity contribution in [2.45, 2.75) is 59.0 Å². The normalized spacial score (nSPS) is 17.0. The van der Waals surface area contributed by atoms with Crippen LogP contribution >= 0.6 is 0 Å². The molecule has 0 radical (unpaired) electrons. The van der Waals surface area contributed by atoms with Gasteiger partial charge in [-0.3, -0.25) is 14.4 Å². The van der Waals surface area contributed by atoms with E-state index in [9.17, 15) is 24.6 Å². The third-order valence-corrected chi connectivity index (χ3v) is 6.53. The number of quaternary nitrogens is 2. The van der Waals surface area contributed by atoms with E-state index in [-0.39, 0.29) is 18.7 Å². The summed E-state index contributed by atoms with van der Waals surface area (Å²) in [5.41, 5.74) is 4.56. The van der Waals surface area contributed by atoms with Gasteiger partial charge in [0, 0.05) is 24.3 Å². The summed E-state index contributed by atoms with van der Waals surface area (Å²) in [6, 6.07) is 0. The fourth-order valence-electron chi connectivity index (χ4n) is 4.31. The van der Waals surface area contributed by atoms with E-state index in [1.54, 1.807) is 13.8 Å². The van der Waals surface area contributed by atoms with Gasteiger partial charge in [-0.2, -0.15) is 0 Å². The fraction of sp³-hybridized carbons (Fsp3) is 0.875. The number of likely N-dealkylation sites (N-methyl/N-ethyl adjacent to an activating group) is 2. The second-order valence-electron chi connectivity index (χ2n) is 11.5. The Morgan fingerprint density at radius 2 is 1.61 bits per heavy atom. The number of primary amides is 1. The van der Waals surface area contributed by atoms with Gasteiger partial charge in [-0.05, 0) is 25.7 Å². The van der Waals surface area contributed by atoms with Crippen LogP contribution in [0.2, 0.25) is 0 Å². The molecule has 4 atom stereocenters. The third kappa shape index (κ3) is 12.4. The molecule has 5 N–H and O–H groups in total. The SMILES string of the molecule is CCC(CC(CC(C)(CC)C(=O)NCCC[N+](C)(C)CC(O)C[N+](C)(C)C)C(=O)O)C(N)=O. The molecule has 0 aromatic heterocycles. The monoisotopic (exact) mass is 474 g/mol. The van der Waals surface area contributed by atoms with Gasteiger partial charge in [0.25, 0.3) is 0 Å². The van der Waals surface area contributed by atoms with Gasteiger partial charge >= 0.3 is 5.97 Å². The Hall–Kier alpha value is -1.71. The molecule has 0 fully saturated rings. The number of nitrogens with one attached hydrogen (secondary N) is 1. The standard InChI is InChI=1S/C24H48N4O5/c1-9-18(21(25)30)14-19(22(31)32)15-24(3,10-2)23(33)26-12-11-13-28(7,8)17-20(29)16-27(4,5)6/h18-20,29H,9-17H2,1-8H3,(H2-2,25,26,30,31,32,33)/p+2. The molecule has 0 spiro atoms. The van der Waals surface area contributed by atoms with Gasteiger partial charge in [0.05, 0.1) is 47.7 Å². The van der Waals surface area contributed by atoms with Gasteiger partial charge in [0.2, 0.25) is 11.8 Å². The van der Waals surface area contributed by atoms with Crippen LogP contribution in [0.3, 0.4) is 0 Å². The molecule has 0 aromatic carbocycles. The second kappa shape index (κ2) is 13.2. The van der Waals surface area contributed by atoms with Gasteiger partial charge in [0.1, 0.15) is 13.1 Å². The molecule has 0 saturated carbocycles. The average molecular weight is 475 g/mol. The molecule has 0 aliphatic heterocycles. The second-order valence-corrected chi connectivity index (χ2v) is 11.5. The van der Waals surface area contributed by atoms with Crippen molar-refractivity contribution >= 4 is 17.8 Å². The number of rotatable bonds is 17. The van der Waals surface area contributed by atoms with Crippen molar-refractivity contribution in [1.29, 1.82) is 0 Å². The maximum Gasteiger partial charge on any atom is 0.306 e. The van der Waals surface area contributed by atoms with Crippen LogP contribution in [0.5, 0.6) is 0 Å². The van der Waals surface area contributed by atoms with Gasteiger partial charge in [-0.15, -0.1) is 0 Å². The lowest BCUT2D eigenvalue weighted by Crippen LogP contribution is -2.52. The Bertz CT molecular complexity index is 647. The molecule has 194 valence electrons. The van der Waals surface area contributed by atoms with Gasteiger partial charge in [-0.1, -0.05) is 20.8 Å². The van der Waals surface area contributed by atoms with Crippen LogP contribution in [-0.2, 0) is 14.4 Å². The number of aliphatic hydroxyl groups excluding tert-OH is 1. The first kappa shape index (κ1) is 31.3. The van der Waals surface area contributed by atoms with E-state index < -0.39 is 35.2 Å². The van der Waals surface area contributed by atoms with E-state index in [1.807, 2.05) is 6.92 Å². The van der Waals surface area contributed by atoms with Crippen molar-refractivity contribution < 1.29 is 33.6 Å². The number of nitrogens with zero attached hydrogens (tertiary/aromatic N) is 2. The number of carboxylic acid groups (broad SMARTS) is 1.